The van der Waals surface area contributed by atoms with E-state index in [9.17, 15) is 4.79 Å². The number of urea groups is 1. The van der Waals surface area contributed by atoms with Crippen LogP contribution in [0, 0.1) is 6.92 Å². The van der Waals surface area contributed by atoms with Crippen LogP contribution in [-0.2, 0) is 6.54 Å². The Kier molecular flexibility index (Phi) is 5.07. The molecule has 0 aliphatic carbocycles. The molecule has 4 heterocycles. The number of carbonyl (C=O) groups excluding carboxylic acids is 1. The summed E-state index contributed by atoms with van der Waals surface area (Å²) in [5, 5.41) is 10.1. The van der Waals surface area contributed by atoms with Crippen LogP contribution in [0.5, 0.6) is 0 Å². The molecule has 27 heavy (non-hydrogen) atoms. The number of rotatable bonds is 4. The van der Waals surface area contributed by atoms with Gasteiger partial charge < -0.3 is 10.2 Å². The lowest BCUT2D eigenvalue weighted by atomic mass is 10.3. The minimum atomic E-state index is -0.102. The van der Waals surface area contributed by atoms with Crippen molar-refractivity contribution in [2.75, 3.05) is 31.5 Å². The molecule has 10 heteroatoms. The van der Waals surface area contributed by atoms with Gasteiger partial charge in [-0.25, -0.2) is 24.4 Å². The summed E-state index contributed by atoms with van der Waals surface area (Å²) in [7, 11) is 0. The average molecular weight is 384 g/mol. The Hall–Kier alpha value is -2.85. The van der Waals surface area contributed by atoms with Gasteiger partial charge in [-0.1, -0.05) is 0 Å². The standard InChI is InChI=1S/C17H20N8OS/c1-13-21-15(10-27-13)9-23-4-6-24(7-5-23)17(26)22-14-2-3-16(19-8-14)25-12-18-11-20-25/h2-3,8,10-12H,4-7,9H2,1H3,(H,22,26). The Balaban J connectivity index is 1.28. The summed E-state index contributed by atoms with van der Waals surface area (Å²) in [4.78, 5) is 29.3. The maximum atomic E-state index is 12.5. The lowest BCUT2D eigenvalue weighted by Crippen LogP contribution is -2.49. The lowest BCUT2D eigenvalue weighted by molar-refractivity contribution is 0.142. The highest BCUT2D eigenvalue weighted by Crippen LogP contribution is 2.14. The van der Waals surface area contributed by atoms with Crippen LogP contribution in [-0.4, -0.2) is 66.7 Å². The summed E-state index contributed by atoms with van der Waals surface area (Å²) in [5.41, 5.74) is 1.76. The van der Waals surface area contributed by atoms with Crippen LogP contribution in [0.1, 0.15) is 10.7 Å². The smallest absolute Gasteiger partial charge is 0.321 e. The molecule has 0 spiro atoms. The van der Waals surface area contributed by atoms with E-state index in [0.29, 0.717) is 24.6 Å². The molecular weight excluding hydrogens is 364 g/mol. The van der Waals surface area contributed by atoms with Crippen molar-refractivity contribution in [3.8, 4) is 5.82 Å². The lowest BCUT2D eigenvalue weighted by Gasteiger charge is -2.34. The molecule has 1 aliphatic heterocycles. The number of nitrogens with zero attached hydrogens (tertiary/aromatic N) is 7. The molecule has 2 amide bonds. The van der Waals surface area contributed by atoms with Gasteiger partial charge in [0.15, 0.2) is 5.82 Å². The van der Waals surface area contributed by atoms with Crippen LogP contribution < -0.4 is 5.32 Å². The number of thiazole rings is 1. The molecule has 0 bridgehead atoms. The first-order chi connectivity index (χ1) is 13.2. The van der Waals surface area contributed by atoms with Crippen LogP contribution in [0.15, 0.2) is 36.4 Å². The molecule has 9 nitrogen and oxygen atoms in total. The second kappa shape index (κ2) is 7.80. The number of hydrogen-bond acceptors (Lipinski definition) is 7. The highest BCUT2D eigenvalue weighted by atomic mass is 32.1. The van der Waals surface area contributed by atoms with Crippen LogP contribution >= 0.6 is 11.3 Å². The summed E-state index contributed by atoms with van der Waals surface area (Å²) >= 11 is 1.67. The van der Waals surface area contributed by atoms with Gasteiger partial charge >= 0.3 is 6.03 Å². The van der Waals surface area contributed by atoms with Crippen LogP contribution in [0.25, 0.3) is 5.82 Å². The summed E-state index contributed by atoms with van der Waals surface area (Å²) in [5.74, 6) is 0.649. The summed E-state index contributed by atoms with van der Waals surface area (Å²) in [6, 6.07) is 3.50. The molecule has 0 atom stereocenters. The number of pyridine rings is 1. The second-order valence-electron chi connectivity index (χ2n) is 6.30. The largest absolute Gasteiger partial charge is 0.322 e. The topological polar surface area (TPSA) is 92.1 Å². The summed E-state index contributed by atoms with van der Waals surface area (Å²) < 4.78 is 1.56. The normalized spacial score (nSPS) is 15.1. The third-order valence-electron chi connectivity index (χ3n) is 4.36. The van der Waals surface area contributed by atoms with Gasteiger partial charge in [-0.2, -0.15) is 5.10 Å². The first kappa shape index (κ1) is 17.6. The van der Waals surface area contributed by atoms with Gasteiger partial charge in [0.05, 0.1) is 22.6 Å². The zero-order chi connectivity index (χ0) is 18.6. The number of carbonyl (C=O) groups is 1. The van der Waals surface area contributed by atoms with Crippen molar-refractivity contribution < 1.29 is 4.79 Å². The molecule has 0 saturated carbocycles. The summed E-state index contributed by atoms with van der Waals surface area (Å²) in [6.45, 7) is 5.93. The van der Waals surface area contributed by atoms with Gasteiger partial charge in [0.1, 0.15) is 12.7 Å². The minimum absolute atomic E-state index is 0.102. The first-order valence-corrected chi connectivity index (χ1v) is 9.56. The molecular formula is C17H20N8OS. The van der Waals surface area contributed by atoms with E-state index in [1.807, 2.05) is 17.9 Å². The van der Waals surface area contributed by atoms with Crippen molar-refractivity contribution in [2.24, 2.45) is 0 Å². The molecule has 0 unspecified atom stereocenters. The molecule has 4 rings (SSSR count). The number of piperazine rings is 1. The number of amides is 2. The Bertz CT molecular complexity index is 884. The van der Waals surface area contributed by atoms with Crippen LogP contribution in [0.2, 0.25) is 0 Å². The van der Waals surface area contributed by atoms with Crippen molar-refractivity contribution in [3.63, 3.8) is 0 Å². The highest BCUT2D eigenvalue weighted by Gasteiger charge is 2.21. The Labute approximate surface area is 160 Å². The van der Waals surface area contributed by atoms with Gasteiger partial charge in [-0.05, 0) is 19.1 Å². The van der Waals surface area contributed by atoms with Crippen LogP contribution in [0.3, 0.4) is 0 Å². The second-order valence-corrected chi connectivity index (χ2v) is 7.36. The minimum Gasteiger partial charge on any atom is -0.322 e. The van der Waals surface area contributed by atoms with Crippen molar-refractivity contribution >= 4 is 23.1 Å². The van der Waals surface area contributed by atoms with E-state index in [1.54, 1.807) is 34.6 Å². The fraction of sp³-hybridized carbons (Fsp3) is 0.353. The van der Waals surface area contributed by atoms with Gasteiger partial charge in [-0.15, -0.1) is 11.3 Å². The highest BCUT2D eigenvalue weighted by molar-refractivity contribution is 7.09. The first-order valence-electron chi connectivity index (χ1n) is 8.68. The van der Waals surface area contributed by atoms with E-state index in [0.717, 1.165) is 30.3 Å². The fourth-order valence-corrected chi connectivity index (χ4v) is 3.55. The third kappa shape index (κ3) is 4.29. The van der Waals surface area contributed by atoms with E-state index in [4.69, 9.17) is 0 Å². The molecule has 1 N–H and O–H groups in total. The van der Waals surface area contributed by atoms with Crippen molar-refractivity contribution in [1.29, 1.82) is 0 Å². The van der Waals surface area contributed by atoms with Crippen molar-refractivity contribution in [1.82, 2.24) is 34.5 Å². The van der Waals surface area contributed by atoms with Crippen LogP contribution in [0.4, 0.5) is 10.5 Å². The summed E-state index contributed by atoms with van der Waals surface area (Å²) in [6.07, 6.45) is 4.65. The zero-order valence-corrected chi connectivity index (χ0v) is 15.8. The molecule has 0 radical (unpaired) electrons. The van der Waals surface area contributed by atoms with Gasteiger partial charge in [0.2, 0.25) is 0 Å². The molecule has 0 aromatic carbocycles. The Morgan fingerprint density at radius 2 is 2.11 bits per heavy atom. The number of aryl methyl sites for hydroxylation is 1. The van der Waals surface area contributed by atoms with E-state index < -0.39 is 0 Å². The maximum absolute atomic E-state index is 12.5. The quantitative estimate of drug-likeness (QED) is 0.737. The van der Waals surface area contributed by atoms with Gasteiger partial charge in [0, 0.05) is 38.1 Å². The van der Waals surface area contributed by atoms with Crippen molar-refractivity contribution in [3.05, 3.63) is 47.1 Å². The third-order valence-corrected chi connectivity index (χ3v) is 5.19. The van der Waals surface area contributed by atoms with Gasteiger partial charge in [-0.3, -0.25) is 4.90 Å². The molecule has 140 valence electrons. The Morgan fingerprint density at radius 1 is 1.26 bits per heavy atom. The number of aromatic nitrogens is 5. The molecule has 1 fully saturated rings. The number of hydrogen-bond donors (Lipinski definition) is 1. The SMILES string of the molecule is Cc1nc(CN2CCN(C(=O)Nc3ccc(-n4cncn4)nc3)CC2)cs1. The van der Waals surface area contributed by atoms with E-state index in [-0.39, 0.29) is 6.03 Å². The fourth-order valence-electron chi connectivity index (χ4n) is 2.94. The van der Waals surface area contributed by atoms with Crippen molar-refractivity contribution in [2.45, 2.75) is 13.5 Å². The molecule has 3 aromatic rings. The van der Waals surface area contributed by atoms with E-state index in [1.165, 1.54) is 6.33 Å². The average Bonchev–Trinajstić information content (AvgIpc) is 3.35. The van der Waals surface area contributed by atoms with E-state index in [2.05, 4.69) is 35.6 Å². The Morgan fingerprint density at radius 3 is 2.74 bits per heavy atom. The number of anilines is 1. The monoisotopic (exact) mass is 384 g/mol. The molecule has 1 saturated heterocycles. The zero-order valence-electron chi connectivity index (χ0n) is 14.9. The predicted octanol–water partition coefficient (Wildman–Crippen LogP) is 1.78. The predicted molar refractivity (Wildman–Crippen MR) is 102 cm³/mol. The maximum Gasteiger partial charge on any atom is 0.321 e. The van der Waals surface area contributed by atoms with Gasteiger partial charge in [0.25, 0.3) is 0 Å². The molecule has 3 aromatic heterocycles. The van der Waals surface area contributed by atoms with E-state index >= 15 is 0 Å². The number of nitrogens with one attached hydrogen (secondary N) is 1. The molecule has 1 aliphatic rings.